The molecule has 0 radical (unpaired) electrons. The number of nitrogens with one attached hydrogen (secondary N) is 4. The van der Waals surface area contributed by atoms with Crippen molar-refractivity contribution in [2.45, 2.75) is 80.8 Å². The van der Waals surface area contributed by atoms with Crippen LogP contribution in [0.5, 0.6) is 0 Å². The number of hydrogen-bond donors (Lipinski definition) is 4. The van der Waals surface area contributed by atoms with Crippen molar-refractivity contribution >= 4 is 68.7 Å². The van der Waals surface area contributed by atoms with Gasteiger partial charge in [0.2, 0.25) is 17.8 Å². The first kappa shape index (κ1) is 36.9. The summed E-state index contributed by atoms with van der Waals surface area (Å²) < 4.78 is 9.99. The van der Waals surface area contributed by atoms with E-state index in [1.165, 1.54) is 11.3 Å². The third-order valence-corrected chi connectivity index (χ3v) is 7.70. The minimum atomic E-state index is -1.01. The summed E-state index contributed by atoms with van der Waals surface area (Å²) >= 11 is 1.36. The lowest BCUT2D eigenvalue weighted by Gasteiger charge is -2.19. The quantitative estimate of drug-likeness (QED) is 0.175. The van der Waals surface area contributed by atoms with Crippen molar-refractivity contribution in [3.8, 4) is 0 Å². The molecule has 0 bridgehead atoms. The monoisotopic (exact) mass is 668 g/mol. The number of aromatic nitrogens is 2. The number of anilines is 3. The van der Waals surface area contributed by atoms with E-state index in [9.17, 15) is 24.0 Å². The Morgan fingerprint density at radius 3 is 2.06 bits per heavy atom. The van der Waals surface area contributed by atoms with Crippen molar-refractivity contribution in [3.63, 3.8) is 0 Å². The average Bonchev–Trinajstić information content (AvgIpc) is 3.40. The number of esters is 2. The number of amides is 3. The molecule has 0 aliphatic rings. The van der Waals surface area contributed by atoms with Crippen LogP contribution in [-0.2, 0) is 35.2 Å². The summed E-state index contributed by atoms with van der Waals surface area (Å²) in [6.07, 6.45) is 0.00123. The van der Waals surface area contributed by atoms with E-state index in [1.54, 1.807) is 79.7 Å². The Hall–Kier alpha value is -4.59. The van der Waals surface area contributed by atoms with Gasteiger partial charge in [0.1, 0.15) is 16.7 Å². The SMILES string of the molecule is CCOC(=O)CC[C@H](NC(=O)c1ccc(NCc2csc3nc(NC(=O)C(C)(C)C)nc(NC(=O)C(C)(C)C)c23)cc1)C(=O)OCC. The number of rotatable bonds is 13. The minimum absolute atomic E-state index is 0.0444. The Morgan fingerprint density at radius 2 is 1.47 bits per heavy atom. The maximum absolute atomic E-state index is 13.0. The van der Waals surface area contributed by atoms with Crippen LogP contribution in [0, 0.1) is 10.8 Å². The second-order valence-electron chi connectivity index (χ2n) is 12.8. The molecule has 1 aromatic carbocycles. The van der Waals surface area contributed by atoms with E-state index < -0.39 is 34.7 Å². The summed E-state index contributed by atoms with van der Waals surface area (Å²) in [5.74, 6) is -1.69. The Bertz CT molecular complexity index is 1610. The summed E-state index contributed by atoms with van der Waals surface area (Å²) in [5, 5.41) is 14.2. The van der Waals surface area contributed by atoms with Gasteiger partial charge in [0.05, 0.1) is 18.6 Å². The normalized spacial score (nSPS) is 12.2. The standard InChI is InChI=1S/C33H44N6O7S/c1-9-45-23(40)16-15-22(28(42)46-10-2)35-26(41)19-11-13-21(14-12-19)34-17-20-18-47-27-24(20)25(36-29(43)32(3,4)5)37-31(38-27)39-30(44)33(6,7)8/h11-14,18,22,34H,9-10,15-17H2,1-8H3,(H,35,41)(H2,36,37,38,39,43,44)/t22-/m0/s1. The second-order valence-corrected chi connectivity index (χ2v) is 13.7. The van der Waals surface area contributed by atoms with Crippen molar-refractivity contribution in [2.75, 3.05) is 29.2 Å². The molecule has 0 saturated heterocycles. The first-order valence-electron chi connectivity index (χ1n) is 15.4. The lowest BCUT2D eigenvalue weighted by atomic mass is 9.95. The number of fused-ring (bicyclic) bond motifs is 1. The van der Waals surface area contributed by atoms with E-state index in [2.05, 4.69) is 31.2 Å². The highest BCUT2D eigenvalue weighted by Crippen LogP contribution is 2.33. The van der Waals surface area contributed by atoms with Crippen molar-refractivity contribution in [2.24, 2.45) is 10.8 Å². The molecule has 3 rings (SSSR count). The van der Waals surface area contributed by atoms with E-state index >= 15 is 0 Å². The van der Waals surface area contributed by atoms with Crippen LogP contribution < -0.4 is 21.3 Å². The number of hydrogen-bond acceptors (Lipinski definition) is 11. The van der Waals surface area contributed by atoms with Gasteiger partial charge >= 0.3 is 11.9 Å². The fraction of sp³-hybridized carbons (Fsp3) is 0.485. The maximum Gasteiger partial charge on any atom is 0.328 e. The molecule has 0 fully saturated rings. The summed E-state index contributed by atoms with van der Waals surface area (Å²) in [4.78, 5) is 72.4. The zero-order chi connectivity index (χ0) is 34.9. The molecule has 4 N–H and O–H groups in total. The van der Waals surface area contributed by atoms with Gasteiger partial charge < -0.3 is 25.4 Å². The van der Waals surface area contributed by atoms with Crippen LogP contribution in [0.1, 0.15) is 84.2 Å². The van der Waals surface area contributed by atoms with Gasteiger partial charge in [0.25, 0.3) is 5.91 Å². The molecule has 0 spiro atoms. The van der Waals surface area contributed by atoms with E-state index in [0.717, 1.165) is 5.56 Å². The Morgan fingerprint density at radius 1 is 0.851 bits per heavy atom. The van der Waals surface area contributed by atoms with Crippen molar-refractivity contribution in [3.05, 3.63) is 40.8 Å². The molecular weight excluding hydrogens is 624 g/mol. The zero-order valence-corrected chi connectivity index (χ0v) is 29.0. The van der Waals surface area contributed by atoms with Gasteiger partial charge in [-0.2, -0.15) is 4.98 Å². The summed E-state index contributed by atoms with van der Waals surface area (Å²) in [6, 6.07) is 5.66. The molecule has 0 saturated carbocycles. The van der Waals surface area contributed by atoms with E-state index in [4.69, 9.17) is 9.47 Å². The number of carbonyl (C=O) groups is 5. The third kappa shape index (κ3) is 10.5. The molecule has 0 unspecified atom stereocenters. The van der Waals surface area contributed by atoms with Gasteiger partial charge in [-0.3, -0.25) is 24.5 Å². The number of thiophene rings is 1. The van der Waals surface area contributed by atoms with Crippen LogP contribution in [0.15, 0.2) is 29.6 Å². The predicted octanol–water partition coefficient (Wildman–Crippen LogP) is 5.28. The molecule has 254 valence electrons. The molecule has 47 heavy (non-hydrogen) atoms. The zero-order valence-electron chi connectivity index (χ0n) is 28.2. The molecule has 3 amide bonds. The van der Waals surface area contributed by atoms with Crippen LogP contribution in [-0.4, -0.2) is 58.9 Å². The van der Waals surface area contributed by atoms with Gasteiger partial charge in [-0.25, -0.2) is 9.78 Å². The van der Waals surface area contributed by atoms with Crippen LogP contribution in [0.3, 0.4) is 0 Å². The molecule has 0 aliphatic heterocycles. The second kappa shape index (κ2) is 15.8. The molecule has 14 heteroatoms. The van der Waals surface area contributed by atoms with E-state index in [0.29, 0.717) is 33.8 Å². The fourth-order valence-electron chi connectivity index (χ4n) is 4.03. The fourth-order valence-corrected chi connectivity index (χ4v) is 4.97. The van der Waals surface area contributed by atoms with E-state index in [1.807, 2.05) is 5.38 Å². The van der Waals surface area contributed by atoms with Gasteiger partial charge in [0, 0.05) is 35.0 Å². The molecule has 3 aromatic rings. The molecule has 1 atom stereocenters. The topological polar surface area (TPSA) is 178 Å². The highest BCUT2D eigenvalue weighted by molar-refractivity contribution is 7.17. The third-order valence-electron chi connectivity index (χ3n) is 6.78. The first-order chi connectivity index (χ1) is 22.0. The predicted molar refractivity (Wildman–Crippen MR) is 181 cm³/mol. The minimum Gasteiger partial charge on any atom is -0.466 e. The Kier molecular flexibility index (Phi) is 12.4. The Balaban J connectivity index is 1.77. The number of benzene rings is 1. The largest absolute Gasteiger partial charge is 0.466 e. The lowest BCUT2D eigenvalue weighted by molar-refractivity contribution is -0.147. The van der Waals surface area contributed by atoms with Crippen molar-refractivity contribution in [1.29, 1.82) is 0 Å². The summed E-state index contributed by atoms with van der Waals surface area (Å²) in [6.45, 7) is 14.8. The highest BCUT2D eigenvalue weighted by Gasteiger charge is 2.27. The lowest BCUT2D eigenvalue weighted by Crippen LogP contribution is -2.42. The first-order valence-corrected chi connectivity index (χ1v) is 16.3. The van der Waals surface area contributed by atoms with Crippen LogP contribution in [0.25, 0.3) is 10.2 Å². The molecule has 13 nitrogen and oxygen atoms in total. The molecular formula is C33H44N6O7S. The summed E-state index contributed by atoms with van der Waals surface area (Å²) in [5.41, 5.74) is 0.489. The van der Waals surface area contributed by atoms with Crippen molar-refractivity contribution in [1.82, 2.24) is 15.3 Å². The van der Waals surface area contributed by atoms with Crippen LogP contribution in [0.2, 0.25) is 0 Å². The number of carbonyl (C=O) groups excluding carboxylic acids is 5. The van der Waals surface area contributed by atoms with Crippen LogP contribution in [0.4, 0.5) is 17.5 Å². The maximum atomic E-state index is 13.0. The van der Waals surface area contributed by atoms with Crippen LogP contribution >= 0.6 is 11.3 Å². The Labute approximate surface area is 278 Å². The molecule has 0 aliphatic carbocycles. The van der Waals surface area contributed by atoms with Crippen molar-refractivity contribution < 1.29 is 33.4 Å². The van der Waals surface area contributed by atoms with Gasteiger partial charge in [-0.1, -0.05) is 41.5 Å². The highest BCUT2D eigenvalue weighted by atomic mass is 32.1. The molecule has 2 heterocycles. The van der Waals surface area contributed by atoms with E-state index in [-0.39, 0.29) is 43.8 Å². The average molecular weight is 669 g/mol. The van der Waals surface area contributed by atoms with Gasteiger partial charge in [0.15, 0.2) is 0 Å². The van der Waals surface area contributed by atoms with Gasteiger partial charge in [-0.05, 0) is 55.5 Å². The molecule has 2 aromatic heterocycles. The smallest absolute Gasteiger partial charge is 0.328 e. The summed E-state index contributed by atoms with van der Waals surface area (Å²) in [7, 11) is 0. The van der Waals surface area contributed by atoms with Gasteiger partial charge in [-0.15, -0.1) is 11.3 Å². The number of nitrogens with zero attached hydrogens (tertiary/aromatic N) is 2. The number of ether oxygens (including phenoxy) is 2.